The van der Waals surface area contributed by atoms with Gasteiger partial charge >= 0.3 is 5.97 Å². The lowest BCUT2D eigenvalue weighted by atomic mass is 10.1. The SMILES string of the molecule is COCCNC(=O)c1cc(C(=O)Nc2ccccc2C(=O)OC)ccn1. The summed E-state index contributed by atoms with van der Waals surface area (Å²) in [6, 6.07) is 9.33. The Morgan fingerprint density at radius 2 is 1.85 bits per heavy atom. The van der Waals surface area contributed by atoms with Gasteiger partial charge in [-0.25, -0.2) is 4.79 Å². The molecule has 2 aromatic rings. The fourth-order valence-corrected chi connectivity index (χ4v) is 2.13. The molecule has 8 nitrogen and oxygen atoms in total. The normalized spacial score (nSPS) is 10.1. The van der Waals surface area contributed by atoms with Crippen molar-refractivity contribution in [2.75, 3.05) is 32.7 Å². The first kappa shape index (κ1) is 19.1. The van der Waals surface area contributed by atoms with E-state index in [0.717, 1.165) is 0 Å². The predicted molar refractivity (Wildman–Crippen MR) is 94.2 cm³/mol. The zero-order chi connectivity index (χ0) is 18.9. The highest BCUT2D eigenvalue weighted by molar-refractivity contribution is 6.08. The van der Waals surface area contributed by atoms with Gasteiger partial charge in [0.1, 0.15) is 5.69 Å². The van der Waals surface area contributed by atoms with Crippen molar-refractivity contribution in [3.05, 3.63) is 59.4 Å². The molecule has 0 aliphatic carbocycles. The summed E-state index contributed by atoms with van der Waals surface area (Å²) in [4.78, 5) is 40.2. The van der Waals surface area contributed by atoms with E-state index in [4.69, 9.17) is 9.47 Å². The van der Waals surface area contributed by atoms with E-state index in [1.165, 1.54) is 32.5 Å². The largest absolute Gasteiger partial charge is 0.465 e. The maximum Gasteiger partial charge on any atom is 0.339 e. The van der Waals surface area contributed by atoms with Crippen LogP contribution in [0.3, 0.4) is 0 Å². The molecule has 0 unspecified atom stereocenters. The number of amides is 2. The van der Waals surface area contributed by atoms with Crippen molar-refractivity contribution in [2.45, 2.75) is 0 Å². The van der Waals surface area contributed by atoms with Gasteiger partial charge in [0.2, 0.25) is 0 Å². The summed E-state index contributed by atoms with van der Waals surface area (Å²) < 4.78 is 9.56. The Hall–Kier alpha value is -3.26. The summed E-state index contributed by atoms with van der Waals surface area (Å²) in [6.07, 6.45) is 1.37. The fourth-order valence-electron chi connectivity index (χ4n) is 2.13. The quantitative estimate of drug-likeness (QED) is 0.574. The van der Waals surface area contributed by atoms with Gasteiger partial charge in [0, 0.05) is 25.4 Å². The van der Waals surface area contributed by atoms with E-state index in [0.29, 0.717) is 18.8 Å². The molecular weight excluding hydrogens is 338 g/mol. The molecule has 26 heavy (non-hydrogen) atoms. The molecule has 0 aliphatic rings. The second-order valence-corrected chi connectivity index (χ2v) is 5.17. The predicted octanol–water partition coefficient (Wildman–Crippen LogP) is 1.50. The molecule has 136 valence electrons. The van der Waals surface area contributed by atoms with Gasteiger partial charge in [0.15, 0.2) is 0 Å². The van der Waals surface area contributed by atoms with E-state index in [1.54, 1.807) is 24.3 Å². The number of para-hydroxylation sites is 1. The smallest absolute Gasteiger partial charge is 0.339 e. The lowest BCUT2D eigenvalue weighted by Crippen LogP contribution is -2.28. The second-order valence-electron chi connectivity index (χ2n) is 5.17. The minimum Gasteiger partial charge on any atom is -0.465 e. The van der Waals surface area contributed by atoms with Crippen molar-refractivity contribution in [2.24, 2.45) is 0 Å². The van der Waals surface area contributed by atoms with Crippen LogP contribution in [0.1, 0.15) is 31.2 Å². The summed E-state index contributed by atoms with van der Waals surface area (Å²) >= 11 is 0. The number of methoxy groups -OCH3 is 2. The minimum atomic E-state index is -0.561. The second kappa shape index (κ2) is 9.28. The van der Waals surface area contributed by atoms with Crippen molar-refractivity contribution >= 4 is 23.5 Å². The van der Waals surface area contributed by atoms with Gasteiger partial charge in [-0.3, -0.25) is 14.6 Å². The number of esters is 1. The fraction of sp³-hybridized carbons (Fsp3) is 0.222. The third kappa shape index (κ3) is 4.87. The molecule has 2 rings (SSSR count). The van der Waals surface area contributed by atoms with Gasteiger partial charge in [-0.15, -0.1) is 0 Å². The number of carbonyl (C=O) groups excluding carboxylic acids is 3. The standard InChI is InChI=1S/C18H19N3O5/c1-25-10-9-20-17(23)15-11-12(7-8-19-15)16(22)21-14-6-4-3-5-13(14)18(24)26-2/h3-8,11H,9-10H2,1-2H3,(H,20,23)(H,21,22). The van der Waals surface area contributed by atoms with E-state index in [2.05, 4.69) is 15.6 Å². The lowest BCUT2D eigenvalue weighted by molar-refractivity contribution is 0.0601. The molecule has 0 bridgehead atoms. The van der Waals surface area contributed by atoms with Crippen LogP contribution in [0, 0.1) is 0 Å². The topological polar surface area (TPSA) is 107 Å². The monoisotopic (exact) mass is 357 g/mol. The highest BCUT2D eigenvalue weighted by Crippen LogP contribution is 2.17. The zero-order valence-electron chi connectivity index (χ0n) is 14.4. The molecular formula is C18H19N3O5. The average molecular weight is 357 g/mol. The van der Waals surface area contributed by atoms with Crippen LogP contribution in [0.25, 0.3) is 0 Å². The van der Waals surface area contributed by atoms with Crippen LogP contribution in [0.2, 0.25) is 0 Å². The van der Waals surface area contributed by atoms with Crippen LogP contribution in [-0.4, -0.2) is 50.1 Å². The van der Waals surface area contributed by atoms with Gasteiger partial charge < -0.3 is 20.1 Å². The van der Waals surface area contributed by atoms with Gasteiger partial charge in [0.05, 0.1) is 25.0 Å². The van der Waals surface area contributed by atoms with E-state index < -0.39 is 17.8 Å². The van der Waals surface area contributed by atoms with Crippen molar-refractivity contribution in [3.63, 3.8) is 0 Å². The number of carbonyl (C=O) groups is 3. The van der Waals surface area contributed by atoms with Gasteiger partial charge in [-0.05, 0) is 24.3 Å². The van der Waals surface area contributed by atoms with E-state index >= 15 is 0 Å². The highest BCUT2D eigenvalue weighted by atomic mass is 16.5. The van der Waals surface area contributed by atoms with E-state index in [9.17, 15) is 14.4 Å². The third-order valence-electron chi connectivity index (χ3n) is 3.43. The molecule has 2 N–H and O–H groups in total. The van der Waals surface area contributed by atoms with Gasteiger partial charge in [-0.1, -0.05) is 12.1 Å². The Labute approximate surface area is 150 Å². The van der Waals surface area contributed by atoms with Crippen molar-refractivity contribution < 1.29 is 23.9 Å². The minimum absolute atomic E-state index is 0.106. The number of rotatable bonds is 7. The molecule has 0 atom stereocenters. The summed E-state index contributed by atoms with van der Waals surface area (Å²) in [7, 11) is 2.79. The van der Waals surface area contributed by atoms with Gasteiger partial charge in [-0.2, -0.15) is 0 Å². The number of hydrogen-bond acceptors (Lipinski definition) is 6. The van der Waals surface area contributed by atoms with Crippen molar-refractivity contribution in [3.8, 4) is 0 Å². The summed E-state index contributed by atoms with van der Waals surface area (Å²) in [5.74, 6) is -1.45. The Morgan fingerprint density at radius 1 is 1.08 bits per heavy atom. The summed E-state index contributed by atoms with van der Waals surface area (Å²) in [5.41, 5.74) is 0.883. The Morgan fingerprint density at radius 3 is 2.58 bits per heavy atom. The molecule has 1 aromatic heterocycles. The zero-order valence-corrected chi connectivity index (χ0v) is 14.4. The number of nitrogens with zero attached hydrogens (tertiary/aromatic N) is 1. The number of benzene rings is 1. The first-order chi connectivity index (χ1) is 12.6. The number of pyridine rings is 1. The third-order valence-corrected chi connectivity index (χ3v) is 3.43. The Bertz CT molecular complexity index is 807. The molecule has 0 fully saturated rings. The maximum atomic E-state index is 12.5. The molecule has 0 saturated carbocycles. The Kier molecular flexibility index (Phi) is 6.81. The molecule has 2 amide bonds. The first-order valence-electron chi connectivity index (χ1n) is 7.78. The number of hydrogen-bond donors (Lipinski definition) is 2. The van der Waals surface area contributed by atoms with E-state index in [-0.39, 0.29) is 16.8 Å². The molecule has 0 spiro atoms. The Balaban J connectivity index is 2.15. The van der Waals surface area contributed by atoms with Crippen LogP contribution in [0.4, 0.5) is 5.69 Å². The summed E-state index contributed by atoms with van der Waals surface area (Å²) in [5, 5.41) is 5.27. The molecule has 0 aliphatic heterocycles. The van der Waals surface area contributed by atoms with Crippen LogP contribution in [-0.2, 0) is 9.47 Å². The number of ether oxygens (including phenoxy) is 2. The number of anilines is 1. The molecule has 0 radical (unpaired) electrons. The van der Waals surface area contributed by atoms with Gasteiger partial charge in [0.25, 0.3) is 11.8 Å². The first-order valence-corrected chi connectivity index (χ1v) is 7.78. The average Bonchev–Trinajstić information content (AvgIpc) is 2.68. The van der Waals surface area contributed by atoms with Crippen molar-refractivity contribution in [1.82, 2.24) is 10.3 Å². The molecule has 1 aromatic carbocycles. The van der Waals surface area contributed by atoms with E-state index in [1.807, 2.05) is 0 Å². The molecule has 8 heteroatoms. The van der Waals surface area contributed by atoms with Crippen LogP contribution < -0.4 is 10.6 Å². The molecule has 1 heterocycles. The van der Waals surface area contributed by atoms with Crippen molar-refractivity contribution in [1.29, 1.82) is 0 Å². The van der Waals surface area contributed by atoms with Crippen LogP contribution >= 0.6 is 0 Å². The lowest BCUT2D eigenvalue weighted by Gasteiger charge is -2.10. The number of aromatic nitrogens is 1. The maximum absolute atomic E-state index is 12.5. The van der Waals surface area contributed by atoms with Crippen LogP contribution in [0.5, 0.6) is 0 Å². The summed E-state index contributed by atoms with van der Waals surface area (Å²) in [6.45, 7) is 0.705. The highest BCUT2D eigenvalue weighted by Gasteiger charge is 2.16. The number of nitrogens with one attached hydrogen (secondary N) is 2. The van der Waals surface area contributed by atoms with Crippen LogP contribution in [0.15, 0.2) is 42.6 Å². The molecule has 0 saturated heterocycles.